The van der Waals surface area contributed by atoms with Gasteiger partial charge in [0, 0.05) is 11.3 Å². The minimum Gasteiger partial charge on any atom is -0.476 e. The van der Waals surface area contributed by atoms with Gasteiger partial charge >= 0.3 is 5.97 Å². The van der Waals surface area contributed by atoms with Crippen LogP contribution in [-0.2, 0) is 0 Å². The largest absolute Gasteiger partial charge is 0.476 e. The van der Waals surface area contributed by atoms with Gasteiger partial charge in [0.25, 0.3) is 0 Å². The van der Waals surface area contributed by atoms with Crippen LogP contribution >= 0.6 is 11.3 Å². The van der Waals surface area contributed by atoms with Crippen LogP contribution in [0.2, 0.25) is 0 Å². The quantitative estimate of drug-likeness (QED) is 0.811. The summed E-state index contributed by atoms with van der Waals surface area (Å²) in [4.78, 5) is 14.6. The molecule has 1 heterocycles. The van der Waals surface area contributed by atoms with Gasteiger partial charge in [-0.1, -0.05) is 20.3 Å². The Balaban J connectivity index is 2.73. The molecule has 13 heavy (non-hydrogen) atoms. The molecule has 1 rings (SSSR count). The van der Waals surface area contributed by atoms with E-state index in [0.29, 0.717) is 5.92 Å². The summed E-state index contributed by atoms with van der Waals surface area (Å²) in [6, 6.07) is 0. The second-order valence-electron chi connectivity index (χ2n) is 3.07. The molecule has 0 saturated carbocycles. The van der Waals surface area contributed by atoms with Crippen LogP contribution in [-0.4, -0.2) is 16.1 Å². The maximum Gasteiger partial charge on any atom is 0.355 e. The van der Waals surface area contributed by atoms with Gasteiger partial charge in [0.2, 0.25) is 0 Å². The van der Waals surface area contributed by atoms with Crippen LogP contribution in [0.5, 0.6) is 0 Å². The normalized spacial score (nSPS) is 12.8. The molecule has 1 aromatic heterocycles. The van der Waals surface area contributed by atoms with Gasteiger partial charge in [-0.2, -0.15) is 0 Å². The molecule has 72 valence electrons. The molecule has 0 aliphatic heterocycles. The summed E-state index contributed by atoms with van der Waals surface area (Å²) in [5.41, 5.74) is 0.169. The number of hydrogen-bond donors (Lipinski definition) is 1. The van der Waals surface area contributed by atoms with E-state index in [1.54, 1.807) is 5.38 Å². The van der Waals surface area contributed by atoms with Gasteiger partial charge in [0.1, 0.15) is 0 Å². The lowest BCUT2D eigenvalue weighted by Gasteiger charge is -2.03. The molecule has 0 aliphatic rings. The van der Waals surface area contributed by atoms with Crippen molar-refractivity contribution in [2.24, 2.45) is 0 Å². The summed E-state index contributed by atoms with van der Waals surface area (Å²) < 4.78 is 0. The summed E-state index contributed by atoms with van der Waals surface area (Å²) in [6.07, 6.45) is 2.16. The zero-order valence-corrected chi connectivity index (χ0v) is 8.60. The maximum atomic E-state index is 10.5. The van der Waals surface area contributed by atoms with E-state index >= 15 is 0 Å². The highest BCUT2D eigenvalue weighted by molar-refractivity contribution is 7.09. The maximum absolute atomic E-state index is 10.5. The summed E-state index contributed by atoms with van der Waals surface area (Å²) >= 11 is 1.43. The monoisotopic (exact) mass is 199 g/mol. The Bertz CT molecular complexity index is 296. The Labute approximate surface area is 81.4 Å². The number of aromatic nitrogens is 1. The van der Waals surface area contributed by atoms with Crippen LogP contribution in [0.25, 0.3) is 0 Å². The molecule has 0 aliphatic carbocycles. The number of carbonyl (C=O) groups is 1. The number of rotatable bonds is 4. The molecule has 0 aromatic carbocycles. The molecule has 1 N–H and O–H groups in total. The molecule has 4 heteroatoms. The molecule has 1 atom stereocenters. The number of nitrogens with zero attached hydrogens (tertiary/aromatic N) is 1. The minimum absolute atomic E-state index is 0.169. The number of hydrogen-bond acceptors (Lipinski definition) is 3. The van der Waals surface area contributed by atoms with Crippen LogP contribution in [0.15, 0.2) is 5.38 Å². The zero-order chi connectivity index (χ0) is 9.84. The second-order valence-corrected chi connectivity index (χ2v) is 3.96. The molecule has 0 fully saturated rings. The van der Waals surface area contributed by atoms with Crippen molar-refractivity contribution in [3.05, 3.63) is 16.1 Å². The van der Waals surface area contributed by atoms with E-state index in [2.05, 4.69) is 18.8 Å². The van der Waals surface area contributed by atoms with Gasteiger partial charge in [-0.25, -0.2) is 9.78 Å². The van der Waals surface area contributed by atoms with Crippen LogP contribution < -0.4 is 0 Å². The van der Waals surface area contributed by atoms with Gasteiger partial charge in [-0.05, 0) is 6.42 Å². The molecule has 1 aromatic rings. The van der Waals surface area contributed by atoms with Crippen molar-refractivity contribution in [3.63, 3.8) is 0 Å². The van der Waals surface area contributed by atoms with Gasteiger partial charge in [-0.3, -0.25) is 0 Å². The molecular formula is C9H13NO2S. The molecule has 0 amide bonds. The van der Waals surface area contributed by atoms with Crippen molar-refractivity contribution in [2.45, 2.75) is 32.6 Å². The van der Waals surface area contributed by atoms with Gasteiger partial charge < -0.3 is 5.11 Å². The van der Waals surface area contributed by atoms with Crippen molar-refractivity contribution >= 4 is 17.3 Å². The van der Waals surface area contributed by atoms with E-state index in [1.165, 1.54) is 11.3 Å². The predicted molar refractivity (Wildman–Crippen MR) is 52.4 cm³/mol. The third kappa shape index (κ3) is 2.52. The number of carboxylic acid groups (broad SMARTS) is 1. The summed E-state index contributed by atoms with van der Waals surface area (Å²) in [5, 5.41) is 11.2. The SMILES string of the molecule is CCCC(C)c1nc(C(=O)O)cs1. The first-order valence-corrected chi connectivity index (χ1v) is 5.21. The average molecular weight is 199 g/mol. The summed E-state index contributed by atoms with van der Waals surface area (Å²) in [7, 11) is 0. The van der Waals surface area contributed by atoms with Crippen LogP contribution in [0.1, 0.15) is 48.1 Å². The van der Waals surface area contributed by atoms with Crippen molar-refractivity contribution in [3.8, 4) is 0 Å². The van der Waals surface area contributed by atoms with E-state index in [4.69, 9.17) is 5.11 Å². The number of thiazole rings is 1. The standard InChI is InChI=1S/C9H13NO2S/c1-3-4-6(2)8-10-7(5-13-8)9(11)12/h5-6H,3-4H2,1-2H3,(H,11,12). The third-order valence-corrected chi connectivity index (χ3v) is 2.96. The Morgan fingerprint density at radius 3 is 2.92 bits per heavy atom. The average Bonchev–Trinajstić information content (AvgIpc) is 2.52. The lowest BCUT2D eigenvalue weighted by molar-refractivity contribution is 0.0691. The van der Waals surface area contributed by atoms with Crippen molar-refractivity contribution < 1.29 is 9.90 Å². The Hall–Kier alpha value is -0.900. The third-order valence-electron chi connectivity index (χ3n) is 1.88. The molecule has 1 unspecified atom stereocenters. The minimum atomic E-state index is -0.939. The first kappa shape index (κ1) is 10.2. The van der Waals surface area contributed by atoms with Gasteiger partial charge in [0.15, 0.2) is 5.69 Å². The van der Waals surface area contributed by atoms with Crippen molar-refractivity contribution in [1.29, 1.82) is 0 Å². The lowest BCUT2D eigenvalue weighted by atomic mass is 10.1. The molecule has 0 bridgehead atoms. The smallest absolute Gasteiger partial charge is 0.355 e. The van der Waals surface area contributed by atoms with Crippen molar-refractivity contribution in [1.82, 2.24) is 4.98 Å². The Morgan fingerprint density at radius 1 is 1.77 bits per heavy atom. The fourth-order valence-electron chi connectivity index (χ4n) is 1.17. The highest BCUT2D eigenvalue weighted by Gasteiger charge is 2.12. The molecule has 0 spiro atoms. The van der Waals surface area contributed by atoms with Crippen LogP contribution in [0.3, 0.4) is 0 Å². The zero-order valence-electron chi connectivity index (χ0n) is 7.78. The van der Waals surface area contributed by atoms with E-state index in [1.807, 2.05) is 0 Å². The molecular weight excluding hydrogens is 186 g/mol. The van der Waals surface area contributed by atoms with E-state index in [-0.39, 0.29) is 5.69 Å². The van der Waals surface area contributed by atoms with E-state index < -0.39 is 5.97 Å². The summed E-state index contributed by atoms with van der Waals surface area (Å²) in [5.74, 6) is -0.561. The Kier molecular flexibility index (Phi) is 3.42. The molecule has 0 saturated heterocycles. The number of aromatic carboxylic acids is 1. The first-order valence-electron chi connectivity index (χ1n) is 4.33. The topological polar surface area (TPSA) is 50.2 Å². The van der Waals surface area contributed by atoms with Gasteiger partial charge in [0.05, 0.1) is 5.01 Å². The van der Waals surface area contributed by atoms with Gasteiger partial charge in [-0.15, -0.1) is 11.3 Å². The highest BCUT2D eigenvalue weighted by Crippen LogP contribution is 2.23. The fraction of sp³-hybridized carbons (Fsp3) is 0.556. The fourth-order valence-corrected chi connectivity index (χ4v) is 2.06. The highest BCUT2D eigenvalue weighted by atomic mass is 32.1. The van der Waals surface area contributed by atoms with Crippen molar-refractivity contribution in [2.75, 3.05) is 0 Å². The number of carboxylic acids is 1. The van der Waals surface area contributed by atoms with E-state index in [0.717, 1.165) is 17.8 Å². The van der Waals surface area contributed by atoms with E-state index in [9.17, 15) is 4.79 Å². The summed E-state index contributed by atoms with van der Waals surface area (Å²) in [6.45, 7) is 4.19. The first-order chi connectivity index (χ1) is 6.15. The van der Waals surface area contributed by atoms with Crippen LogP contribution in [0.4, 0.5) is 0 Å². The second kappa shape index (κ2) is 4.37. The lowest BCUT2D eigenvalue weighted by Crippen LogP contribution is -1.98. The molecule has 3 nitrogen and oxygen atoms in total. The molecule has 0 radical (unpaired) electrons. The predicted octanol–water partition coefficient (Wildman–Crippen LogP) is 2.74. The Morgan fingerprint density at radius 2 is 2.46 bits per heavy atom. The van der Waals surface area contributed by atoms with Crippen LogP contribution in [0, 0.1) is 0 Å².